The molecule has 0 aliphatic carbocycles. The Morgan fingerprint density at radius 3 is 2.61 bits per heavy atom. The van der Waals surface area contributed by atoms with Gasteiger partial charge in [-0.2, -0.15) is 0 Å². The summed E-state index contributed by atoms with van der Waals surface area (Å²) in [6.45, 7) is 1.11. The Labute approximate surface area is 169 Å². The second kappa shape index (κ2) is 7.84. The lowest BCUT2D eigenvalue weighted by Crippen LogP contribution is -2.37. The summed E-state index contributed by atoms with van der Waals surface area (Å²) in [7, 11) is 1.64. The van der Waals surface area contributed by atoms with Crippen LogP contribution in [0.1, 0.15) is 30.9 Å². The van der Waals surface area contributed by atoms with Gasteiger partial charge in [0.05, 0.1) is 29.8 Å². The molecule has 2 aromatic rings. The summed E-state index contributed by atoms with van der Waals surface area (Å²) >= 11 is 6.25. The van der Waals surface area contributed by atoms with Crippen LogP contribution in [0.2, 0.25) is 5.02 Å². The van der Waals surface area contributed by atoms with E-state index in [2.05, 4.69) is 0 Å². The zero-order valence-electron chi connectivity index (χ0n) is 15.8. The monoisotopic (exact) mass is 398 g/mol. The minimum absolute atomic E-state index is 0.0494. The highest BCUT2D eigenvalue weighted by Gasteiger charge is 2.40. The number of hydrogen-bond acceptors (Lipinski definition) is 3. The fraction of sp³-hybridized carbons (Fsp3) is 0.364. The molecule has 2 saturated heterocycles. The van der Waals surface area contributed by atoms with Crippen molar-refractivity contribution in [1.29, 1.82) is 0 Å². The van der Waals surface area contributed by atoms with Crippen LogP contribution in [0.5, 0.6) is 5.75 Å². The standard InChI is InChI=1S/C22H23ClN2O3/c1-28-17-10-8-15(9-11-17)19-7-4-12-24(19)22(27)16-13-21(26)25(14-16)20-6-3-2-5-18(20)23/h2-3,5-6,8-11,16,19H,4,7,12-14H2,1H3. The summed E-state index contributed by atoms with van der Waals surface area (Å²) in [6, 6.07) is 15.2. The average molecular weight is 399 g/mol. The van der Waals surface area contributed by atoms with Gasteiger partial charge in [-0.3, -0.25) is 9.59 Å². The van der Waals surface area contributed by atoms with Gasteiger partial charge in [0.15, 0.2) is 0 Å². The number of para-hydroxylation sites is 1. The maximum atomic E-state index is 13.3. The first kappa shape index (κ1) is 18.8. The molecule has 0 N–H and O–H groups in total. The van der Waals surface area contributed by atoms with E-state index in [-0.39, 0.29) is 30.2 Å². The lowest BCUT2D eigenvalue weighted by molar-refractivity contribution is -0.136. The van der Waals surface area contributed by atoms with Crippen LogP contribution in [0.15, 0.2) is 48.5 Å². The molecule has 0 aromatic heterocycles. The van der Waals surface area contributed by atoms with Gasteiger partial charge < -0.3 is 14.5 Å². The molecule has 28 heavy (non-hydrogen) atoms. The lowest BCUT2D eigenvalue weighted by atomic mass is 10.0. The summed E-state index contributed by atoms with van der Waals surface area (Å²) < 4.78 is 5.23. The first-order valence-corrected chi connectivity index (χ1v) is 9.95. The Morgan fingerprint density at radius 2 is 1.89 bits per heavy atom. The van der Waals surface area contributed by atoms with Crippen molar-refractivity contribution in [2.24, 2.45) is 5.92 Å². The maximum Gasteiger partial charge on any atom is 0.228 e. The van der Waals surface area contributed by atoms with Gasteiger partial charge in [-0.25, -0.2) is 0 Å². The first-order chi connectivity index (χ1) is 13.6. The molecule has 0 bridgehead atoms. The third-order valence-corrected chi connectivity index (χ3v) is 5.97. The Balaban J connectivity index is 1.50. The highest BCUT2D eigenvalue weighted by Crippen LogP contribution is 2.37. The van der Waals surface area contributed by atoms with Gasteiger partial charge in [0, 0.05) is 19.5 Å². The summed E-state index contributed by atoms with van der Waals surface area (Å²) in [5.74, 6) is 0.479. The Morgan fingerprint density at radius 1 is 1.14 bits per heavy atom. The van der Waals surface area contributed by atoms with Crippen molar-refractivity contribution in [2.45, 2.75) is 25.3 Å². The normalized spacial score (nSPS) is 22.0. The van der Waals surface area contributed by atoms with Crippen molar-refractivity contribution in [3.05, 3.63) is 59.1 Å². The van der Waals surface area contributed by atoms with Crippen molar-refractivity contribution in [3.63, 3.8) is 0 Å². The van der Waals surface area contributed by atoms with E-state index >= 15 is 0 Å². The first-order valence-electron chi connectivity index (χ1n) is 9.58. The number of likely N-dealkylation sites (tertiary alicyclic amines) is 1. The third-order valence-electron chi connectivity index (χ3n) is 5.65. The van der Waals surface area contributed by atoms with Crippen LogP contribution in [0.4, 0.5) is 5.69 Å². The number of methoxy groups -OCH3 is 1. The second-order valence-corrected chi connectivity index (χ2v) is 7.73. The number of benzene rings is 2. The fourth-order valence-corrected chi connectivity index (χ4v) is 4.45. The number of carbonyl (C=O) groups is 2. The average Bonchev–Trinajstić information content (AvgIpc) is 3.35. The van der Waals surface area contributed by atoms with Gasteiger partial charge in [-0.05, 0) is 42.7 Å². The molecule has 2 aromatic carbocycles. The summed E-state index contributed by atoms with van der Waals surface area (Å²) in [5.41, 5.74) is 1.79. The predicted octanol–water partition coefficient (Wildman–Crippen LogP) is 4.07. The van der Waals surface area contributed by atoms with Gasteiger partial charge in [-0.15, -0.1) is 0 Å². The van der Waals surface area contributed by atoms with Crippen LogP contribution in [0, 0.1) is 5.92 Å². The van der Waals surface area contributed by atoms with Crippen molar-refractivity contribution >= 4 is 29.1 Å². The van der Waals surface area contributed by atoms with Gasteiger partial charge in [-0.1, -0.05) is 35.9 Å². The van der Waals surface area contributed by atoms with Gasteiger partial charge >= 0.3 is 0 Å². The number of ether oxygens (including phenoxy) is 1. The molecule has 4 rings (SSSR count). The van der Waals surface area contributed by atoms with E-state index in [0.717, 1.165) is 30.7 Å². The van der Waals surface area contributed by atoms with E-state index in [1.807, 2.05) is 47.4 Å². The summed E-state index contributed by atoms with van der Waals surface area (Å²) in [5, 5.41) is 0.529. The third kappa shape index (κ3) is 3.47. The number of rotatable bonds is 4. The molecule has 146 valence electrons. The number of amides is 2. The Hall–Kier alpha value is -2.53. The molecule has 6 heteroatoms. The van der Waals surface area contributed by atoms with E-state index < -0.39 is 0 Å². The maximum absolute atomic E-state index is 13.3. The molecule has 2 aliphatic heterocycles. The smallest absolute Gasteiger partial charge is 0.228 e. The number of carbonyl (C=O) groups excluding carboxylic acids is 2. The molecule has 2 amide bonds. The van der Waals surface area contributed by atoms with Crippen LogP contribution >= 0.6 is 11.6 Å². The number of halogens is 1. The highest BCUT2D eigenvalue weighted by molar-refractivity contribution is 6.33. The van der Waals surface area contributed by atoms with Crippen molar-refractivity contribution < 1.29 is 14.3 Å². The Kier molecular flexibility index (Phi) is 5.27. The van der Waals surface area contributed by atoms with Gasteiger partial charge in [0.2, 0.25) is 11.8 Å². The van der Waals surface area contributed by atoms with Gasteiger partial charge in [0.25, 0.3) is 0 Å². The quantitative estimate of drug-likeness (QED) is 0.780. The van der Waals surface area contributed by atoms with Crippen molar-refractivity contribution in [1.82, 2.24) is 4.90 Å². The van der Waals surface area contributed by atoms with Crippen LogP contribution < -0.4 is 9.64 Å². The molecule has 2 heterocycles. The molecule has 2 fully saturated rings. The minimum Gasteiger partial charge on any atom is -0.497 e. The second-order valence-electron chi connectivity index (χ2n) is 7.32. The molecular weight excluding hydrogens is 376 g/mol. The largest absolute Gasteiger partial charge is 0.497 e. The predicted molar refractivity (Wildman–Crippen MR) is 109 cm³/mol. The summed E-state index contributed by atoms with van der Waals surface area (Å²) in [4.78, 5) is 29.4. The van der Waals surface area contributed by atoms with E-state index in [0.29, 0.717) is 17.3 Å². The molecule has 0 spiro atoms. The van der Waals surface area contributed by atoms with E-state index in [1.165, 1.54) is 0 Å². The van der Waals surface area contributed by atoms with Crippen molar-refractivity contribution in [3.8, 4) is 5.75 Å². The number of anilines is 1. The highest BCUT2D eigenvalue weighted by atomic mass is 35.5. The number of nitrogens with zero attached hydrogens (tertiary/aromatic N) is 2. The number of hydrogen-bond donors (Lipinski definition) is 0. The Bertz CT molecular complexity index is 884. The topological polar surface area (TPSA) is 49.9 Å². The lowest BCUT2D eigenvalue weighted by Gasteiger charge is -2.28. The van der Waals surface area contributed by atoms with Crippen LogP contribution in [-0.2, 0) is 9.59 Å². The van der Waals surface area contributed by atoms with E-state index in [9.17, 15) is 9.59 Å². The molecular formula is C22H23ClN2O3. The SMILES string of the molecule is COc1ccc(C2CCCN2C(=O)C2CC(=O)N(c3ccccc3Cl)C2)cc1. The van der Waals surface area contributed by atoms with Crippen LogP contribution in [-0.4, -0.2) is 36.9 Å². The molecule has 5 nitrogen and oxygen atoms in total. The zero-order valence-corrected chi connectivity index (χ0v) is 16.6. The summed E-state index contributed by atoms with van der Waals surface area (Å²) in [6.07, 6.45) is 2.14. The molecule has 2 aliphatic rings. The zero-order chi connectivity index (χ0) is 19.7. The van der Waals surface area contributed by atoms with E-state index in [4.69, 9.17) is 16.3 Å². The van der Waals surface area contributed by atoms with Crippen molar-refractivity contribution in [2.75, 3.05) is 25.1 Å². The van der Waals surface area contributed by atoms with Gasteiger partial charge in [0.1, 0.15) is 5.75 Å². The molecule has 2 unspecified atom stereocenters. The van der Waals surface area contributed by atoms with Crippen LogP contribution in [0.25, 0.3) is 0 Å². The van der Waals surface area contributed by atoms with Crippen LogP contribution in [0.3, 0.4) is 0 Å². The molecule has 0 radical (unpaired) electrons. The fourth-order valence-electron chi connectivity index (χ4n) is 4.21. The molecule has 2 atom stereocenters. The van der Waals surface area contributed by atoms with E-state index in [1.54, 1.807) is 18.1 Å². The minimum atomic E-state index is -0.331. The molecule has 0 saturated carbocycles.